The number of halogens is 4. The fraction of sp³-hybridized carbons (Fsp3) is 0.467. The highest BCUT2D eigenvalue weighted by atomic mass is 35.5. The van der Waals surface area contributed by atoms with Crippen LogP contribution in [0.3, 0.4) is 0 Å². The summed E-state index contributed by atoms with van der Waals surface area (Å²) in [6, 6.07) is 8.27. The van der Waals surface area contributed by atoms with E-state index in [-0.39, 0.29) is 39.4 Å². The summed E-state index contributed by atoms with van der Waals surface area (Å²) in [6.45, 7) is 3.09. The number of aliphatic carboxylic acids is 1. The van der Waals surface area contributed by atoms with Crippen LogP contribution in [0.1, 0.15) is 44.3 Å². The lowest BCUT2D eigenvalue weighted by atomic mass is 9.71. The average molecular weight is 634 g/mol. The molecule has 0 bridgehead atoms. The number of nitrogens with two attached hydrogens (primary N) is 1. The van der Waals surface area contributed by atoms with Crippen molar-refractivity contribution in [2.45, 2.75) is 57.0 Å². The first-order valence-corrected chi connectivity index (χ1v) is 14.7. The lowest BCUT2D eigenvalue weighted by Gasteiger charge is -2.43. The fourth-order valence-electron chi connectivity index (χ4n) is 6.39. The first kappa shape index (κ1) is 31.6. The predicted octanol–water partition coefficient (Wildman–Crippen LogP) is 5.33. The number of rotatable bonds is 8. The molecule has 2 saturated heterocycles. The predicted molar refractivity (Wildman–Crippen MR) is 162 cm³/mol. The number of carbonyl (C=O) groups is 1. The smallest absolute Gasteiger partial charge is 0.429 e. The third kappa shape index (κ3) is 6.48. The van der Waals surface area contributed by atoms with Crippen molar-refractivity contribution in [1.82, 2.24) is 20.3 Å². The second-order valence-corrected chi connectivity index (χ2v) is 12.0. The fourth-order valence-corrected chi connectivity index (χ4v) is 6.56. The van der Waals surface area contributed by atoms with E-state index in [0.29, 0.717) is 49.6 Å². The molecule has 2 aromatic heterocycles. The van der Waals surface area contributed by atoms with Crippen LogP contribution in [0.2, 0.25) is 5.02 Å². The van der Waals surface area contributed by atoms with Crippen LogP contribution in [0.25, 0.3) is 11.1 Å². The van der Waals surface area contributed by atoms with Crippen molar-refractivity contribution >= 4 is 35.2 Å². The SMILES string of the molecule is CCC1NC(C(=O)O)CC12CCN(c1cc(O[C@H](c3ccc(Cl)cc3-c3ccnc(N(C)C)c3)C(F)(F)F)nc(N)n1)CC2. The van der Waals surface area contributed by atoms with E-state index >= 15 is 0 Å². The Balaban J connectivity index is 1.43. The molecule has 1 spiro atoms. The van der Waals surface area contributed by atoms with Gasteiger partial charge in [0.25, 0.3) is 0 Å². The van der Waals surface area contributed by atoms with Crippen LogP contribution in [0.4, 0.5) is 30.8 Å². The van der Waals surface area contributed by atoms with Crippen LogP contribution in [-0.4, -0.2) is 71.5 Å². The molecule has 2 fully saturated rings. The lowest BCUT2D eigenvalue weighted by Crippen LogP contribution is -2.46. The minimum atomic E-state index is -4.82. The van der Waals surface area contributed by atoms with Crippen molar-refractivity contribution in [2.24, 2.45) is 5.41 Å². The number of hydrogen-bond donors (Lipinski definition) is 3. The number of alkyl halides is 3. The molecule has 14 heteroatoms. The molecular formula is C30H35ClF3N7O3. The summed E-state index contributed by atoms with van der Waals surface area (Å²) in [5.74, 6) is -0.498. The van der Waals surface area contributed by atoms with E-state index in [2.05, 4.69) is 20.3 Å². The maximum atomic E-state index is 14.7. The average Bonchev–Trinajstić information content (AvgIpc) is 3.33. The Morgan fingerprint density at radius 1 is 1.23 bits per heavy atom. The zero-order chi connectivity index (χ0) is 31.8. The topological polar surface area (TPSA) is 130 Å². The summed E-state index contributed by atoms with van der Waals surface area (Å²) in [6.07, 6.45) is -2.97. The van der Waals surface area contributed by atoms with E-state index < -0.39 is 24.3 Å². The van der Waals surface area contributed by atoms with Crippen molar-refractivity contribution in [3.8, 4) is 17.0 Å². The lowest BCUT2D eigenvalue weighted by molar-refractivity contribution is -0.198. The Hall–Kier alpha value is -3.84. The third-order valence-corrected chi connectivity index (χ3v) is 8.83. The van der Waals surface area contributed by atoms with E-state index in [4.69, 9.17) is 22.1 Å². The first-order valence-electron chi connectivity index (χ1n) is 14.3. The molecular weight excluding hydrogens is 599 g/mol. The molecule has 0 amide bonds. The molecule has 2 aliphatic rings. The monoisotopic (exact) mass is 633 g/mol. The van der Waals surface area contributed by atoms with Gasteiger partial charge in [0.15, 0.2) is 0 Å². The van der Waals surface area contributed by atoms with Gasteiger partial charge in [-0.05, 0) is 66.5 Å². The van der Waals surface area contributed by atoms with Crippen molar-refractivity contribution in [2.75, 3.05) is 42.7 Å². The van der Waals surface area contributed by atoms with E-state index in [1.807, 2.05) is 11.8 Å². The Morgan fingerprint density at radius 2 is 1.95 bits per heavy atom. The Kier molecular flexibility index (Phi) is 8.81. The van der Waals surface area contributed by atoms with Crippen LogP contribution in [0.15, 0.2) is 42.6 Å². The number of pyridine rings is 1. The summed E-state index contributed by atoms with van der Waals surface area (Å²) >= 11 is 6.24. The number of piperidine rings is 1. The van der Waals surface area contributed by atoms with Gasteiger partial charge < -0.3 is 30.7 Å². The van der Waals surface area contributed by atoms with Crippen molar-refractivity contribution in [3.63, 3.8) is 0 Å². The molecule has 2 aliphatic heterocycles. The number of benzene rings is 1. The maximum Gasteiger partial charge on any atom is 0.429 e. The van der Waals surface area contributed by atoms with Gasteiger partial charge in [0.1, 0.15) is 17.7 Å². The highest BCUT2D eigenvalue weighted by Gasteiger charge is 2.50. The number of nitrogens with zero attached hydrogens (tertiary/aromatic N) is 5. The number of carboxylic acid groups (broad SMARTS) is 1. The van der Waals surface area contributed by atoms with Crippen LogP contribution in [0.5, 0.6) is 5.88 Å². The zero-order valence-electron chi connectivity index (χ0n) is 24.6. The number of anilines is 3. The van der Waals surface area contributed by atoms with Crippen LogP contribution < -0.4 is 25.6 Å². The third-order valence-electron chi connectivity index (χ3n) is 8.60. The van der Waals surface area contributed by atoms with Gasteiger partial charge >= 0.3 is 12.1 Å². The maximum absolute atomic E-state index is 14.7. The largest absolute Gasteiger partial charge is 0.480 e. The van der Waals surface area contributed by atoms with Gasteiger partial charge in [-0.2, -0.15) is 23.1 Å². The van der Waals surface area contributed by atoms with E-state index in [9.17, 15) is 23.1 Å². The minimum absolute atomic E-state index is 0.0652. The van der Waals surface area contributed by atoms with E-state index in [1.54, 1.807) is 31.1 Å². The molecule has 1 aromatic carbocycles. The normalized spacial score (nSPS) is 20.5. The van der Waals surface area contributed by atoms with E-state index in [1.165, 1.54) is 30.5 Å². The van der Waals surface area contributed by atoms with Gasteiger partial charge in [0, 0.05) is 56.1 Å². The highest BCUT2D eigenvalue weighted by Crippen LogP contribution is 2.46. The molecule has 3 aromatic rings. The Labute approximate surface area is 258 Å². The second-order valence-electron chi connectivity index (χ2n) is 11.6. The summed E-state index contributed by atoms with van der Waals surface area (Å²) < 4.78 is 49.6. The zero-order valence-corrected chi connectivity index (χ0v) is 25.4. The van der Waals surface area contributed by atoms with Gasteiger partial charge in [-0.15, -0.1) is 0 Å². The summed E-state index contributed by atoms with van der Waals surface area (Å²) in [4.78, 5) is 27.9. The van der Waals surface area contributed by atoms with Crippen molar-refractivity contribution < 1.29 is 27.8 Å². The van der Waals surface area contributed by atoms with E-state index in [0.717, 1.165) is 6.42 Å². The molecule has 0 saturated carbocycles. The van der Waals surface area contributed by atoms with Crippen molar-refractivity contribution in [1.29, 1.82) is 0 Å². The summed E-state index contributed by atoms with van der Waals surface area (Å²) in [5.41, 5.74) is 6.37. The molecule has 10 nitrogen and oxygen atoms in total. The standard InChI is InChI=1S/C30H35ClF3N7O3/c1-4-22-29(16-21(37-22)27(42)43)8-11-41(12-9-29)24-15-25(39-28(35)38-24)44-26(30(32,33)34)19-6-5-18(31)14-20(19)17-7-10-36-23(13-17)40(2)3/h5-7,10,13-15,21-22,26,37H,4,8-9,11-12,16H2,1-3H3,(H,42,43)(H2,35,38,39)/t21?,22?,26-/m1/s1. The molecule has 0 radical (unpaired) electrons. The first-order chi connectivity index (χ1) is 20.8. The quantitative estimate of drug-likeness (QED) is 0.299. The van der Waals surface area contributed by atoms with Crippen LogP contribution in [0, 0.1) is 5.41 Å². The van der Waals surface area contributed by atoms with Gasteiger partial charge in [-0.3, -0.25) is 4.79 Å². The van der Waals surface area contributed by atoms with Gasteiger partial charge in [0.2, 0.25) is 17.9 Å². The highest BCUT2D eigenvalue weighted by molar-refractivity contribution is 6.30. The summed E-state index contributed by atoms with van der Waals surface area (Å²) in [7, 11) is 3.57. The molecule has 5 rings (SSSR count). The molecule has 2 unspecified atom stereocenters. The summed E-state index contributed by atoms with van der Waals surface area (Å²) in [5, 5.41) is 13.1. The molecule has 4 N–H and O–H groups in total. The van der Waals surface area contributed by atoms with Gasteiger partial charge in [-0.1, -0.05) is 24.6 Å². The molecule has 4 heterocycles. The number of hydrogen-bond acceptors (Lipinski definition) is 9. The Bertz CT molecular complexity index is 1520. The van der Waals surface area contributed by atoms with Crippen LogP contribution in [-0.2, 0) is 4.79 Å². The number of nitrogens with one attached hydrogen (secondary N) is 1. The van der Waals surface area contributed by atoms with Crippen molar-refractivity contribution in [3.05, 3.63) is 53.2 Å². The second kappa shape index (κ2) is 12.3. The molecule has 44 heavy (non-hydrogen) atoms. The van der Waals surface area contributed by atoms with Gasteiger partial charge in [-0.25, -0.2) is 4.98 Å². The number of carboxylic acids is 1. The minimum Gasteiger partial charge on any atom is -0.480 e. The molecule has 0 aliphatic carbocycles. The number of ether oxygens (including phenoxy) is 1. The van der Waals surface area contributed by atoms with Gasteiger partial charge in [0.05, 0.1) is 0 Å². The molecule has 3 atom stereocenters. The number of nitrogen functional groups attached to an aromatic ring is 1. The Morgan fingerprint density at radius 3 is 2.59 bits per heavy atom. The van der Waals surface area contributed by atoms with Crippen LogP contribution >= 0.6 is 11.6 Å². The molecule has 236 valence electrons. The number of aromatic nitrogens is 3.